The molecule has 0 aromatic rings. The van der Waals surface area contributed by atoms with Crippen molar-refractivity contribution in [1.82, 2.24) is 4.90 Å². The van der Waals surface area contributed by atoms with Crippen LogP contribution in [0.2, 0.25) is 0 Å². The van der Waals surface area contributed by atoms with E-state index >= 15 is 0 Å². The van der Waals surface area contributed by atoms with Crippen molar-refractivity contribution in [2.24, 2.45) is 5.41 Å². The molecule has 15 heavy (non-hydrogen) atoms. The highest BCUT2D eigenvalue weighted by atomic mass is 32.2. The number of rotatable bonds is 6. The molecular weight excluding hydrogens is 210 g/mol. The first-order chi connectivity index (χ1) is 7.08. The number of likely N-dealkylation sites (tertiary alicyclic amines) is 1. The normalized spacial score (nSPS) is 27.1. The Kier molecular flexibility index (Phi) is 4.93. The van der Waals surface area contributed by atoms with E-state index < -0.39 is 11.4 Å². The molecule has 0 aromatic heterocycles. The fourth-order valence-electron chi connectivity index (χ4n) is 1.96. The molecule has 1 rings (SSSR count). The molecule has 0 radical (unpaired) electrons. The number of nitrogens with zero attached hydrogens (tertiary/aromatic N) is 1. The number of carboxylic acid groups (broad SMARTS) is 1. The molecule has 4 heteroatoms. The van der Waals surface area contributed by atoms with Gasteiger partial charge in [0, 0.05) is 6.54 Å². The summed E-state index contributed by atoms with van der Waals surface area (Å²) >= 11 is 1.95. The molecule has 1 N–H and O–H groups in total. The van der Waals surface area contributed by atoms with E-state index in [0.29, 0.717) is 0 Å². The lowest BCUT2D eigenvalue weighted by Crippen LogP contribution is -2.32. The molecule has 0 bridgehead atoms. The van der Waals surface area contributed by atoms with Crippen molar-refractivity contribution in [2.75, 3.05) is 31.1 Å². The van der Waals surface area contributed by atoms with Crippen LogP contribution in [0.25, 0.3) is 0 Å². The molecule has 0 aromatic carbocycles. The minimum atomic E-state index is -0.645. The lowest BCUT2D eigenvalue weighted by atomic mass is 9.90. The van der Waals surface area contributed by atoms with Crippen LogP contribution < -0.4 is 0 Å². The summed E-state index contributed by atoms with van der Waals surface area (Å²) in [4.78, 5) is 13.3. The predicted octanol–water partition coefficient (Wildman–Crippen LogP) is 1.93. The zero-order chi connectivity index (χ0) is 11.3. The van der Waals surface area contributed by atoms with E-state index in [0.717, 1.165) is 26.1 Å². The average molecular weight is 231 g/mol. The maximum absolute atomic E-state index is 11.0. The first-order valence-electron chi connectivity index (χ1n) is 5.62. The van der Waals surface area contributed by atoms with Crippen LogP contribution in [0.5, 0.6) is 0 Å². The van der Waals surface area contributed by atoms with E-state index in [1.807, 2.05) is 18.7 Å². The molecule has 1 heterocycles. The van der Waals surface area contributed by atoms with E-state index in [1.54, 1.807) is 0 Å². The summed E-state index contributed by atoms with van der Waals surface area (Å²) in [6.45, 7) is 6.74. The van der Waals surface area contributed by atoms with Gasteiger partial charge in [0.2, 0.25) is 0 Å². The Morgan fingerprint density at radius 3 is 2.87 bits per heavy atom. The van der Waals surface area contributed by atoms with Gasteiger partial charge in [0.05, 0.1) is 5.41 Å². The van der Waals surface area contributed by atoms with Gasteiger partial charge >= 0.3 is 5.97 Å². The minimum absolute atomic E-state index is 0.502. The first kappa shape index (κ1) is 12.8. The Balaban J connectivity index is 2.22. The predicted molar refractivity (Wildman–Crippen MR) is 64.4 cm³/mol. The van der Waals surface area contributed by atoms with Crippen LogP contribution in [-0.2, 0) is 4.79 Å². The topological polar surface area (TPSA) is 40.5 Å². The van der Waals surface area contributed by atoms with Crippen molar-refractivity contribution in [3.63, 3.8) is 0 Å². The van der Waals surface area contributed by atoms with Gasteiger partial charge in [0.25, 0.3) is 0 Å². The summed E-state index contributed by atoms with van der Waals surface area (Å²) in [6.07, 6.45) is 1.97. The van der Waals surface area contributed by atoms with Crippen LogP contribution in [0.1, 0.15) is 26.7 Å². The van der Waals surface area contributed by atoms with Crippen LogP contribution >= 0.6 is 11.8 Å². The van der Waals surface area contributed by atoms with Gasteiger partial charge in [-0.1, -0.05) is 6.92 Å². The molecule has 0 saturated carbocycles. The average Bonchev–Trinajstić information content (AvgIpc) is 2.57. The van der Waals surface area contributed by atoms with Gasteiger partial charge in [-0.15, -0.1) is 0 Å². The molecule has 0 aliphatic carbocycles. The molecule has 0 spiro atoms. The van der Waals surface area contributed by atoms with E-state index in [-0.39, 0.29) is 0 Å². The van der Waals surface area contributed by atoms with Gasteiger partial charge in [-0.25, -0.2) is 0 Å². The summed E-state index contributed by atoms with van der Waals surface area (Å²) in [5.74, 6) is 1.72. The van der Waals surface area contributed by atoms with Crippen molar-refractivity contribution in [3.8, 4) is 0 Å². The van der Waals surface area contributed by atoms with Crippen molar-refractivity contribution < 1.29 is 9.90 Å². The Labute approximate surface area is 96.2 Å². The molecule has 1 unspecified atom stereocenters. The minimum Gasteiger partial charge on any atom is -0.481 e. The maximum atomic E-state index is 11.0. The van der Waals surface area contributed by atoms with Gasteiger partial charge in [-0.05, 0) is 44.4 Å². The first-order valence-corrected chi connectivity index (χ1v) is 6.77. The molecule has 1 aliphatic rings. The monoisotopic (exact) mass is 231 g/mol. The van der Waals surface area contributed by atoms with E-state index in [9.17, 15) is 4.79 Å². The van der Waals surface area contributed by atoms with E-state index in [4.69, 9.17) is 5.11 Å². The van der Waals surface area contributed by atoms with Crippen LogP contribution in [0.4, 0.5) is 0 Å². The number of hydrogen-bond acceptors (Lipinski definition) is 3. The lowest BCUT2D eigenvalue weighted by molar-refractivity contribution is -0.147. The SMILES string of the molecule is CCSCCCN1CCC(C)(C(=O)O)C1. The molecular formula is C11H21NO2S. The second-order valence-electron chi connectivity index (χ2n) is 4.44. The van der Waals surface area contributed by atoms with Crippen LogP contribution in [0, 0.1) is 5.41 Å². The largest absolute Gasteiger partial charge is 0.481 e. The number of carbonyl (C=O) groups is 1. The van der Waals surface area contributed by atoms with Crippen molar-refractivity contribution in [2.45, 2.75) is 26.7 Å². The Hall–Kier alpha value is -0.220. The van der Waals surface area contributed by atoms with Gasteiger partial charge in [0.1, 0.15) is 0 Å². The smallest absolute Gasteiger partial charge is 0.310 e. The Morgan fingerprint density at radius 2 is 2.33 bits per heavy atom. The Morgan fingerprint density at radius 1 is 1.60 bits per heavy atom. The molecule has 1 aliphatic heterocycles. The van der Waals surface area contributed by atoms with E-state index in [1.165, 1.54) is 17.9 Å². The third kappa shape index (κ3) is 3.68. The van der Waals surface area contributed by atoms with Crippen molar-refractivity contribution >= 4 is 17.7 Å². The lowest BCUT2D eigenvalue weighted by Gasteiger charge is -2.19. The van der Waals surface area contributed by atoms with Gasteiger partial charge < -0.3 is 10.0 Å². The highest BCUT2D eigenvalue weighted by Gasteiger charge is 2.39. The fourth-order valence-corrected chi connectivity index (χ4v) is 2.58. The van der Waals surface area contributed by atoms with Crippen LogP contribution in [0.3, 0.4) is 0 Å². The Bertz CT molecular complexity index is 223. The number of hydrogen-bond donors (Lipinski definition) is 1. The standard InChI is InChI=1S/C11H21NO2S/c1-3-15-8-4-6-12-7-5-11(2,9-12)10(13)14/h3-9H2,1-2H3,(H,13,14). The number of aliphatic carboxylic acids is 1. The van der Waals surface area contributed by atoms with Crippen molar-refractivity contribution in [1.29, 1.82) is 0 Å². The van der Waals surface area contributed by atoms with Crippen LogP contribution in [0.15, 0.2) is 0 Å². The molecule has 1 saturated heterocycles. The summed E-state index contributed by atoms with van der Waals surface area (Å²) in [7, 11) is 0. The third-order valence-electron chi connectivity index (χ3n) is 3.04. The maximum Gasteiger partial charge on any atom is 0.310 e. The fraction of sp³-hybridized carbons (Fsp3) is 0.909. The van der Waals surface area contributed by atoms with Gasteiger partial charge in [0.15, 0.2) is 0 Å². The van der Waals surface area contributed by atoms with Crippen molar-refractivity contribution in [3.05, 3.63) is 0 Å². The second-order valence-corrected chi connectivity index (χ2v) is 5.84. The summed E-state index contributed by atoms with van der Waals surface area (Å²) < 4.78 is 0. The quantitative estimate of drug-likeness (QED) is 0.709. The highest BCUT2D eigenvalue weighted by molar-refractivity contribution is 7.99. The van der Waals surface area contributed by atoms with Gasteiger partial charge in [-0.2, -0.15) is 11.8 Å². The summed E-state index contributed by atoms with van der Waals surface area (Å²) in [6, 6.07) is 0. The third-order valence-corrected chi connectivity index (χ3v) is 4.02. The number of thioether (sulfide) groups is 1. The molecule has 0 amide bonds. The number of carboxylic acids is 1. The molecule has 1 fully saturated rings. The molecule has 1 atom stereocenters. The summed E-state index contributed by atoms with van der Waals surface area (Å²) in [5.41, 5.74) is -0.502. The highest BCUT2D eigenvalue weighted by Crippen LogP contribution is 2.30. The molecule has 3 nitrogen and oxygen atoms in total. The van der Waals surface area contributed by atoms with E-state index in [2.05, 4.69) is 11.8 Å². The molecule has 88 valence electrons. The van der Waals surface area contributed by atoms with Crippen LogP contribution in [-0.4, -0.2) is 47.1 Å². The zero-order valence-corrected chi connectivity index (χ0v) is 10.5. The second kappa shape index (κ2) is 5.75. The summed E-state index contributed by atoms with van der Waals surface area (Å²) in [5, 5.41) is 9.07. The van der Waals surface area contributed by atoms with Gasteiger partial charge in [-0.3, -0.25) is 4.79 Å². The zero-order valence-electron chi connectivity index (χ0n) is 9.66.